The van der Waals surface area contributed by atoms with Gasteiger partial charge in [0.1, 0.15) is 5.60 Å². The Balaban J connectivity index is 1.97. The Hall–Kier alpha value is -2.81. The summed E-state index contributed by atoms with van der Waals surface area (Å²) in [6.45, 7) is 9.77. The van der Waals surface area contributed by atoms with Gasteiger partial charge in [-0.2, -0.15) is 0 Å². The van der Waals surface area contributed by atoms with Crippen molar-refractivity contribution in [2.24, 2.45) is 0 Å². The van der Waals surface area contributed by atoms with Gasteiger partial charge in [-0.05, 0) is 46.6 Å². The van der Waals surface area contributed by atoms with E-state index < -0.39 is 30.1 Å². The lowest BCUT2D eigenvalue weighted by Crippen LogP contribution is -2.50. The predicted molar refractivity (Wildman–Crippen MR) is 119 cm³/mol. The van der Waals surface area contributed by atoms with Crippen molar-refractivity contribution in [3.63, 3.8) is 0 Å². The van der Waals surface area contributed by atoms with Gasteiger partial charge in [0, 0.05) is 25.6 Å². The summed E-state index contributed by atoms with van der Waals surface area (Å²) in [5.41, 5.74) is 0.410. The quantitative estimate of drug-likeness (QED) is 0.587. The normalized spacial score (nSPS) is 19.7. The molecular weight excluding hydrogens is 414 g/mol. The summed E-state index contributed by atoms with van der Waals surface area (Å²) in [6.07, 6.45) is -0.769. The molecule has 1 aliphatic rings. The van der Waals surface area contributed by atoms with Crippen LogP contribution in [0.25, 0.3) is 0 Å². The lowest BCUT2D eigenvalue weighted by Gasteiger charge is -2.29. The molecule has 0 saturated carbocycles. The van der Waals surface area contributed by atoms with Crippen molar-refractivity contribution in [1.82, 2.24) is 15.5 Å². The van der Waals surface area contributed by atoms with E-state index >= 15 is 0 Å². The van der Waals surface area contributed by atoms with Crippen LogP contribution in [0.2, 0.25) is 0 Å². The van der Waals surface area contributed by atoms with E-state index in [-0.39, 0.29) is 25.1 Å². The molecule has 0 aromatic heterocycles. The number of benzene rings is 1. The number of likely N-dealkylation sites (tertiary alicyclic amines) is 1. The molecule has 1 aromatic rings. The number of carbonyl (C=O) groups excluding carboxylic acids is 3. The van der Waals surface area contributed by atoms with Crippen LogP contribution in [0, 0.1) is 0 Å². The molecule has 178 valence electrons. The second-order valence-corrected chi connectivity index (χ2v) is 8.80. The minimum atomic E-state index is -0.744. The number of hydrogen-bond donors (Lipinski definition) is 2. The van der Waals surface area contributed by atoms with Gasteiger partial charge in [0.25, 0.3) is 0 Å². The standard InChI is InChI=1S/C23H35N3O6/c1-6-30-22(29)31-19-13-12-18(26(19)15-17-10-8-7-9-11-17)20(27)24-14-16(2)25-21(28)32-23(3,4)5/h7-11,16,18-19H,6,12-15H2,1-5H3,(H,24,27)(H,25,28)/t16?,18-,19+/m0/s1. The van der Waals surface area contributed by atoms with E-state index in [1.54, 1.807) is 34.6 Å². The molecule has 1 unspecified atom stereocenters. The SMILES string of the molecule is CCOC(=O)O[C@@H]1CC[C@@H](C(=O)NCC(C)NC(=O)OC(C)(C)C)N1Cc1ccccc1. The van der Waals surface area contributed by atoms with E-state index in [0.29, 0.717) is 19.4 Å². The number of hydrogen-bond acceptors (Lipinski definition) is 7. The van der Waals surface area contributed by atoms with E-state index in [4.69, 9.17) is 14.2 Å². The summed E-state index contributed by atoms with van der Waals surface area (Å²) >= 11 is 0. The van der Waals surface area contributed by atoms with Crippen molar-refractivity contribution in [2.45, 2.75) is 77.9 Å². The molecule has 0 aliphatic carbocycles. The van der Waals surface area contributed by atoms with Gasteiger partial charge in [-0.25, -0.2) is 9.59 Å². The fourth-order valence-electron chi connectivity index (χ4n) is 3.44. The summed E-state index contributed by atoms with van der Waals surface area (Å²) in [6, 6.07) is 8.90. The average Bonchev–Trinajstić information content (AvgIpc) is 3.07. The first-order valence-electron chi connectivity index (χ1n) is 11.0. The van der Waals surface area contributed by atoms with E-state index in [1.165, 1.54) is 0 Å². The molecule has 1 fully saturated rings. The maximum Gasteiger partial charge on any atom is 0.509 e. The molecule has 1 aliphatic heterocycles. The number of amides is 2. The molecule has 0 radical (unpaired) electrons. The monoisotopic (exact) mass is 449 g/mol. The molecule has 9 nitrogen and oxygen atoms in total. The molecule has 0 bridgehead atoms. The van der Waals surface area contributed by atoms with Crippen molar-refractivity contribution in [1.29, 1.82) is 0 Å². The zero-order chi connectivity index (χ0) is 23.7. The molecular formula is C23H35N3O6. The van der Waals surface area contributed by atoms with Crippen LogP contribution in [-0.2, 0) is 25.5 Å². The number of alkyl carbamates (subject to hydrolysis) is 1. The maximum atomic E-state index is 13.0. The first kappa shape index (κ1) is 25.5. The Labute approximate surface area is 189 Å². The lowest BCUT2D eigenvalue weighted by atomic mass is 10.1. The highest BCUT2D eigenvalue weighted by Crippen LogP contribution is 2.28. The second kappa shape index (κ2) is 11.7. The Morgan fingerprint density at radius 3 is 2.47 bits per heavy atom. The Morgan fingerprint density at radius 2 is 1.84 bits per heavy atom. The van der Waals surface area contributed by atoms with Gasteiger partial charge in [0.2, 0.25) is 5.91 Å². The minimum Gasteiger partial charge on any atom is -0.444 e. The zero-order valence-electron chi connectivity index (χ0n) is 19.6. The van der Waals surface area contributed by atoms with Gasteiger partial charge in [-0.1, -0.05) is 30.3 Å². The van der Waals surface area contributed by atoms with E-state index in [9.17, 15) is 14.4 Å². The van der Waals surface area contributed by atoms with Crippen LogP contribution >= 0.6 is 0 Å². The second-order valence-electron chi connectivity index (χ2n) is 8.80. The van der Waals surface area contributed by atoms with Gasteiger partial charge >= 0.3 is 12.2 Å². The molecule has 2 rings (SSSR count). The Kier molecular flexibility index (Phi) is 9.31. The fourth-order valence-corrected chi connectivity index (χ4v) is 3.44. The number of nitrogens with zero attached hydrogens (tertiary/aromatic N) is 1. The largest absolute Gasteiger partial charge is 0.509 e. The van der Waals surface area contributed by atoms with Gasteiger partial charge in [0.15, 0.2) is 6.23 Å². The highest BCUT2D eigenvalue weighted by atomic mass is 16.7. The predicted octanol–water partition coefficient (Wildman–Crippen LogP) is 3.18. The third-order valence-corrected chi connectivity index (χ3v) is 4.81. The molecule has 1 saturated heterocycles. The number of rotatable bonds is 8. The molecule has 9 heteroatoms. The molecule has 32 heavy (non-hydrogen) atoms. The summed E-state index contributed by atoms with van der Waals surface area (Å²) in [5.74, 6) is -0.186. The molecule has 3 atom stereocenters. The van der Waals surface area contributed by atoms with E-state index in [1.807, 2.05) is 35.2 Å². The first-order valence-corrected chi connectivity index (χ1v) is 11.0. The van der Waals surface area contributed by atoms with Gasteiger partial charge in [0.05, 0.1) is 12.6 Å². The van der Waals surface area contributed by atoms with Crippen LogP contribution in [-0.4, -0.2) is 60.1 Å². The lowest BCUT2D eigenvalue weighted by molar-refractivity contribution is -0.129. The highest BCUT2D eigenvalue weighted by molar-refractivity contribution is 5.82. The maximum absolute atomic E-state index is 13.0. The fraction of sp³-hybridized carbons (Fsp3) is 0.609. The van der Waals surface area contributed by atoms with Crippen LogP contribution < -0.4 is 10.6 Å². The van der Waals surface area contributed by atoms with Crippen molar-refractivity contribution < 1.29 is 28.6 Å². The Morgan fingerprint density at radius 1 is 1.16 bits per heavy atom. The molecule has 0 spiro atoms. The summed E-state index contributed by atoms with van der Waals surface area (Å²) in [5, 5.41) is 5.59. The molecule has 2 N–H and O–H groups in total. The van der Waals surface area contributed by atoms with Crippen molar-refractivity contribution in [3.05, 3.63) is 35.9 Å². The van der Waals surface area contributed by atoms with Crippen LogP contribution in [0.3, 0.4) is 0 Å². The summed E-state index contributed by atoms with van der Waals surface area (Å²) in [4.78, 5) is 38.6. The third-order valence-electron chi connectivity index (χ3n) is 4.81. The van der Waals surface area contributed by atoms with Crippen molar-refractivity contribution >= 4 is 18.2 Å². The third kappa shape index (κ3) is 8.37. The number of ether oxygens (including phenoxy) is 3. The number of nitrogens with one attached hydrogen (secondary N) is 2. The molecule has 1 aromatic carbocycles. The van der Waals surface area contributed by atoms with Gasteiger partial charge < -0.3 is 24.8 Å². The van der Waals surface area contributed by atoms with Crippen LogP contribution in [0.4, 0.5) is 9.59 Å². The minimum absolute atomic E-state index is 0.186. The van der Waals surface area contributed by atoms with Crippen LogP contribution in [0.5, 0.6) is 0 Å². The average molecular weight is 450 g/mol. The van der Waals surface area contributed by atoms with E-state index in [0.717, 1.165) is 5.56 Å². The number of carbonyl (C=O) groups is 3. The molecule has 2 amide bonds. The van der Waals surface area contributed by atoms with Gasteiger partial charge in [-0.3, -0.25) is 9.69 Å². The zero-order valence-corrected chi connectivity index (χ0v) is 19.6. The van der Waals surface area contributed by atoms with Crippen molar-refractivity contribution in [3.8, 4) is 0 Å². The first-order chi connectivity index (χ1) is 15.1. The van der Waals surface area contributed by atoms with E-state index in [2.05, 4.69) is 10.6 Å². The van der Waals surface area contributed by atoms with Crippen molar-refractivity contribution in [2.75, 3.05) is 13.2 Å². The smallest absolute Gasteiger partial charge is 0.444 e. The Bertz CT molecular complexity index is 765. The van der Waals surface area contributed by atoms with Crippen LogP contribution in [0.15, 0.2) is 30.3 Å². The van der Waals surface area contributed by atoms with Crippen LogP contribution in [0.1, 0.15) is 53.0 Å². The summed E-state index contributed by atoms with van der Waals surface area (Å²) in [7, 11) is 0. The highest BCUT2D eigenvalue weighted by Gasteiger charge is 2.40. The molecule has 1 heterocycles. The topological polar surface area (TPSA) is 106 Å². The summed E-state index contributed by atoms with van der Waals surface area (Å²) < 4.78 is 15.6. The van der Waals surface area contributed by atoms with Gasteiger partial charge in [-0.15, -0.1) is 0 Å².